The smallest absolute Gasteiger partial charge is 0.331 e. The van der Waals surface area contributed by atoms with Gasteiger partial charge in [0.1, 0.15) is 11.7 Å². The standard InChI is InChI=1S/2C14H16O2.C2H6/c1-2-13(15)16-14(10-6-7-11-14)12-8-4-3-5-9-12;1-2-13(15)16-14(12-9-6-10-12)11-7-4-3-5-8-11;1-2/h2-5,8-9H,1,6-7,10-11H2;2-5,7-8,12,14H,1,6,9-10H2;1-2H3. The maximum Gasteiger partial charge on any atom is 0.331 e. The van der Waals surface area contributed by atoms with E-state index in [1.807, 2.05) is 74.5 Å². The minimum Gasteiger partial charge on any atom is -0.454 e. The molecule has 2 fully saturated rings. The lowest BCUT2D eigenvalue weighted by Crippen LogP contribution is -2.28. The van der Waals surface area contributed by atoms with Crippen molar-refractivity contribution in [1.29, 1.82) is 0 Å². The average molecular weight is 463 g/mol. The quantitative estimate of drug-likeness (QED) is 0.316. The van der Waals surface area contributed by atoms with Gasteiger partial charge in [-0.05, 0) is 49.7 Å². The van der Waals surface area contributed by atoms with E-state index < -0.39 is 5.60 Å². The van der Waals surface area contributed by atoms with Gasteiger partial charge in [0, 0.05) is 18.1 Å². The summed E-state index contributed by atoms with van der Waals surface area (Å²) in [4.78, 5) is 22.7. The summed E-state index contributed by atoms with van der Waals surface area (Å²) in [7, 11) is 0. The Morgan fingerprint density at radius 1 is 0.853 bits per heavy atom. The molecule has 4 rings (SSSR count). The molecule has 0 saturated heterocycles. The lowest BCUT2D eigenvalue weighted by Gasteiger charge is -2.33. The first-order valence-electron chi connectivity index (χ1n) is 12.4. The van der Waals surface area contributed by atoms with Crippen LogP contribution in [0, 0.1) is 5.92 Å². The van der Waals surface area contributed by atoms with Crippen molar-refractivity contribution >= 4 is 11.9 Å². The minimum absolute atomic E-state index is 0.0968. The predicted octanol–water partition coefficient (Wildman–Crippen LogP) is 7.47. The Bertz CT molecular complexity index is 894. The summed E-state index contributed by atoms with van der Waals surface area (Å²) in [6, 6.07) is 19.9. The largest absolute Gasteiger partial charge is 0.454 e. The SMILES string of the molecule is C=CC(=O)OC(c1ccccc1)C1CCC1.C=CC(=O)OC1(c2ccccc2)CCCC1.CC. The average Bonchev–Trinajstić information content (AvgIpc) is 3.34. The van der Waals surface area contributed by atoms with Gasteiger partial charge >= 0.3 is 11.9 Å². The van der Waals surface area contributed by atoms with E-state index in [0.717, 1.165) is 49.7 Å². The molecule has 0 N–H and O–H groups in total. The normalized spacial score (nSPS) is 16.8. The van der Waals surface area contributed by atoms with Crippen LogP contribution in [0.4, 0.5) is 0 Å². The first-order valence-corrected chi connectivity index (χ1v) is 12.4. The van der Waals surface area contributed by atoms with Gasteiger partial charge < -0.3 is 9.47 Å². The molecule has 1 unspecified atom stereocenters. The van der Waals surface area contributed by atoms with Crippen molar-refractivity contribution in [1.82, 2.24) is 0 Å². The van der Waals surface area contributed by atoms with E-state index in [9.17, 15) is 9.59 Å². The molecule has 0 heterocycles. The molecule has 2 aromatic rings. The first kappa shape index (κ1) is 27.1. The van der Waals surface area contributed by atoms with Gasteiger partial charge in [-0.2, -0.15) is 0 Å². The molecule has 2 aliphatic rings. The van der Waals surface area contributed by atoms with E-state index in [2.05, 4.69) is 13.2 Å². The van der Waals surface area contributed by atoms with Crippen LogP contribution >= 0.6 is 0 Å². The van der Waals surface area contributed by atoms with E-state index >= 15 is 0 Å². The molecule has 0 amide bonds. The van der Waals surface area contributed by atoms with Gasteiger partial charge in [-0.3, -0.25) is 0 Å². The van der Waals surface area contributed by atoms with Crippen molar-refractivity contribution in [2.75, 3.05) is 0 Å². The Kier molecular flexibility index (Phi) is 11.3. The molecule has 0 aromatic heterocycles. The van der Waals surface area contributed by atoms with Crippen molar-refractivity contribution in [3.63, 3.8) is 0 Å². The van der Waals surface area contributed by atoms with Gasteiger partial charge in [0.2, 0.25) is 0 Å². The van der Waals surface area contributed by atoms with Gasteiger partial charge in [0.05, 0.1) is 0 Å². The van der Waals surface area contributed by atoms with E-state index in [-0.39, 0.29) is 18.0 Å². The molecular weight excluding hydrogens is 424 g/mol. The topological polar surface area (TPSA) is 52.6 Å². The van der Waals surface area contributed by atoms with Crippen LogP contribution in [0.3, 0.4) is 0 Å². The molecule has 2 saturated carbocycles. The van der Waals surface area contributed by atoms with Crippen LogP contribution in [-0.4, -0.2) is 11.9 Å². The third-order valence-corrected chi connectivity index (χ3v) is 6.29. The summed E-state index contributed by atoms with van der Waals surface area (Å²) in [5.74, 6) is -0.183. The van der Waals surface area contributed by atoms with E-state index in [1.165, 1.54) is 18.6 Å². The summed E-state index contributed by atoms with van der Waals surface area (Å²) in [6.45, 7) is 10.9. The van der Waals surface area contributed by atoms with Crippen LogP contribution < -0.4 is 0 Å². The maximum atomic E-state index is 11.4. The molecule has 0 radical (unpaired) electrons. The zero-order chi connectivity index (χ0) is 24.8. The molecule has 2 aromatic carbocycles. The molecular formula is C30H38O4. The van der Waals surface area contributed by atoms with Crippen LogP contribution in [0.1, 0.15) is 76.0 Å². The third-order valence-electron chi connectivity index (χ3n) is 6.29. The van der Waals surface area contributed by atoms with Gasteiger partial charge in [0.15, 0.2) is 0 Å². The molecule has 34 heavy (non-hydrogen) atoms. The number of carbonyl (C=O) groups is 2. The summed E-state index contributed by atoms with van der Waals surface area (Å²) in [5, 5.41) is 0. The second-order valence-corrected chi connectivity index (χ2v) is 8.36. The Morgan fingerprint density at radius 3 is 1.85 bits per heavy atom. The predicted molar refractivity (Wildman–Crippen MR) is 137 cm³/mol. The van der Waals surface area contributed by atoms with Crippen molar-refractivity contribution in [2.24, 2.45) is 5.92 Å². The monoisotopic (exact) mass is 462 g/mol. The van der Waals surface area contributed by atoms with Crippen LogP contribution in [-0.2, 0) is 24.7 Å². The molecule has 0 spiro atoms. The Hall–Kier alpha value is -3.14. The third kappa shape index (κ3) is 7.44. The fourth-order valence-electron chi connectivity index (χ4n) is 4.37. The van der Waals surface area contributed by atoms with E-state index in [0.29, 0.717) is 5.92 Å². The molecule has 1 atom stereocenters. The zero-order valence-electron chi connectivity index (χ0n) is 20.6. The number of rotatable bonds is 7. The fraction of sp³-hybridized carbons (Fsp3) is 0.400. The molecule has 0 bridgehead atoms. The highest BCUT2D eigenvalue weighted by Gasteiger charge is 2.38. The summed E-state index contributed by atoms with van der Waals surface area (Å²) >= 11 is 0. The van der Waals surface area contributed by atoms with Crippen LogP contribution in [0.15, 0.2) is 86.0 Å². The highest BCUT2D eigenvalue weighted by atomic mass is 16.6. The summed E-state index contributed by atoms with van der Waals surface area (Å²) in [5.41, 5.74) is 1.78. The Balaban J connectivity index is 0.000000224. The number of hydrogen-bond acceptors (Lipinski definition) is 4. The van der Waals surface area contributed by atoms with Crippen LogP contribution in [0.25, 0.3) is 0 Å². The second kappa shape index (κ2) is 14.2. The van der Waals surface area contributed by atoms with Crippen molar-refractivity contribution in [2.45, 2.75) is 70.5 Å². The minimum atomic E-state index is -0.410. The number of benzene rings is 2. The highest BCUT2D eigenvalue weighted by Crippen LogP contribution is 2.42. The molecule has 2 aliphatic carbocycles. The summed E-state index contributed by atoms with van der Waals surface area (Å²) < 4.78 is 11.0. The van der Waals surface area contributed by atoms with E-state index in [1.54, 1.807) is 0 Å². The second-order valence-electron chi connectivity index (χ2n) is 8.36. The summed E-state index contributed by atoms with van der Waals surface area (Å²) in [6.07, 6.45) is 9.94. The highest BCUT2D eigenvalue weighted by molar-refractivity contribution is 5.82. The molecule has 182 valence electrons. The molecule has 4 nitrogen and oxygen atoms in total. The van der Waals surface area contributed by atoms with Gasteiger partial charge in [0.25, 0.3) is 0 Å². The first-order chi connectivity index (χ1) is 16.6. The lowest BCUT2D eigenvalue weighted by molar-refractivity contribution is -0.154. The Morgan fingerprint density at radius 2 is 1.38 bits per heavy atom. The van der Waals surface area contributed by atoms with Crippen molar-refractivity contribution < 1.29 is 19.1 Å². The maximum absolute atomic E-state index is 11.4. The number of ether oxygens (including phenoxy) is 2. The Labute approximate surface area is 204 Å². The molecule has 0 aliphatic heterocycles. The van der Waals surface area contributed by atoms with Gasteiger partial charge in [-0.15, -0.1) is 0 Å². The fourth-order valence-corrected chi connectivity index (χ4v) is 4.37. The number of esters is 2. The van der Waals surface area contributed by atoms with Gasteiger partial charge in [-0.25, -0.2) is 9.59 Å². The van der Waals surface area contributed by atoms with Gasteiger partial charge in [-0.1, -0.05) is 94.1 Å². The number of carbonyl (C=O) groups excluding carboxylic acids is 2. The van der Waals surface area contributed by atoms with Crippen LogP contribution in [0.5, 0.6) is 0 Å². The zero-order valence-corrected chi connectivity index (χ0v) is 20.6. The van der Waals surface area contributed by atoms with E-state index in [4.69, 9.17) is 9.47 Å². The number of hydrogen-bond donors (Lipinski definition) is 0. The van der Waals surface area contributed by atoms with Crippen molar-refractivity contribution in [3.05, 3.63) is 97.1 Å². The lowest BCUT2D eigenvalue weighted by atomic mass is 9.78. The van der Waals surface area contributed by atoms with Crippen LogP contribution in [0.2, 0.25) is 0 Å². The molecule has 4 heteroatoms. The van der Waals surface area contributed by atoms with Crippen molar-refractivity contribution in [3.8, 4) is 0 Å².